The number of nitrogens with one attached hydrogen (secondary N) is 3. The molecule has 1 amide bonds. The average Bonchev–Trinajstić information content (AvgIpc) is 3.20. The fraction of sp³-hybridized carbons (Fsp3) is 0.200. The number of para-hydroxylation sites is 1. The molecule has 0 fully saturated rings. The van der Waals surface area contributed by atoms with E-state index in [-0.39, 0.29) is 17.7 Å². The number of hydrogen-bond acceptors (Lipinski definition) is 5. The van der Waals surface area contributed by atoms with Crippen molar-refractivity contribution >= 4 is 28.7 Å². The van der Waals surface area contributed by atoms with Gasteiger partial charge < -0.3 is 9.72 Å². The molecule has 0 aliphatic rings. The number of anilines is 1. The summed E-state index contributed by atoms with van der Waals surface area (Å²) in [5.74, 6) is 0.290. The van der Waals surface area contributed by atoms with Crippen LogP contribution in [0.25, 0.3) is 10.9 Å². The predicted molar refractivity (Wildman–Crippen MR) is 130 cm³/mol. The lowest BCUT2D eigenvalue weighted by molar-refractivity contribution is 0.0974. The van der Waals surface area contributed by atoms with Crippen molar-refractivity contribution < 1.29 is 13.9 Å². The molecule has 0 saturated heterocycles. The van der Waals surface area contributed by atoms with Crippen molar-refractivity contribution in [1.29, 1.82) is 0 Å². The Balaban J connectivity index is 1.57. The molecule has 0 aliphatic heterocycles. The van der Waals surface area contributed by atoms with Gasteiger partial charge in [0.15, 0.2) is 0 Å². The first-order chi connectivity index (χ1) is 16.4. The van der Waals surface area contributed by atoms with Crippen molar-refractivity contribution in [3.8, 4) is 5.75 Å². The molecular weight excluding hydrogens is 435 g/mol. The maximum Gasteiger partial charge on any atom is 0.261 e. The molecule has 0 atom stereocenters. The summed E-state index contributed by atoms with van der Waals surface area (Å²) in [6, 6.07) is 13.4. The highest BCUT2D eigenvalue weighted by atomic mass is 19.1. The molecule has 8 nitrogen and oxygen atoms in total. The average molecular weight is 461 g/mol. The molecule has 2 aromatic heterocycles. The molecule has 4 aromatic rings. The van der Waals surface area contributed by atoms with Crippen molar-refractivity contribution in [3.05, 3.63) is 83.1 Å². The number of methoxy groups -OCH3 is 1. The molecular formula is C25H25FN6O2. The Morgan fingerprint density at radius 3 is 2.65 bits per heavy atom. The van der Waals surface area contributed by atoms with E-state index in [4.69, 9.17) is 4.74 Å². The van der Waals surface area contributed by atoms with Crippen LogP contribution in [0.15, 0.2) is 59.7 Å². The second-order valence-electron chi connectivity index (χ2n) is 7.74. The minimum absolute atomic E-state index is 0.201. The third-order valence-electron chi connectivity index (χ3n) is 5.18. The number of amides is 1. The van der Waals surface area contributed by atoms with Crippen LogP contribution < -0.4 is 15.4 Å². The van der Waals surface area contributed by atoms with E-state index in [2.05, 4.69) is 30.6 Å². The normalized spacial score (nSPS) is 11.5. The Morgan fingerprint density at radius 2 is 1.88 bits per heavy atom. The third-order valence-corrected chi connectivity index (χ3v) is 5.18. The van der Waals surface area contributed by atoms with Gasteiger partial charge in [-0.1, -0.05) is 12.1 Å². The topological polar surface area (TPSA) is 104 Å². The fourth-order valence-electron chi connectivity index (χ4n) is 3.65. The van der Waals surface area contributed by atoms with Crippen molar-refractivity contribution in [2.24, 2.45) is 4.99 Å². The van der Waals surface area contributed by atoms with Crippen LogP contribution in [0.1, 0.15) is 27.3 Å². The summed E-state index contributed by atoms with van der Waals surface area (Å²) in [7, 11) is 1.51. The van der Waals surface area contributed by atoms with Crippen LogP contribution in [-0.2, 0) is 6.42 Å². The van der Waals surface area contributed by atoms with Crippen LogP contribution in [0.2, 0.25) is 0 Å². The van der Waals surface area contributed by atoms with E-state index in [0.717, 1.165) is 27.9 Å². The number of aromatic amines is 1. The Bertz CT molecular complexity index is 1340. The van der Waals surface area contributed by atoms with Gasteiger partial charge in [-0.05, 0) is 62.2 Å². The van der Waals surface area contributed by atoms with Gasteiger partial charge in [0, 0.05) is 35.0 Å². The van der Waals surface area contributed by atoms with Gasteiger partial charge in [-0.2, -0.15) is 0 Å². The number of ether oxygens (including phenoxy) is 1. The number of aryl methyl sites for hydroxylation is 2. The summed E-state index contributed by atoms with van der Waals surface area (Å²) >= 11 is 0. The summed E-state index contributed by atoms with van der Waals surface area (Å²) in [5.41, 5.74) is 3.72. The molecule has 0 unspecified atom stereocenters. The van der Waals surface area contributed by atoms with Crippen molar-refractivity contribution in [1.82, 2.24) is 20.3 Å². The number of aliphatic imine (C=N–C) groups is 1. The second kappa shape index (κ2) is 10.1. The van der Waals surface area contributed by atoms with E-state index in [0.29, 0.717) is 30.2 Å². The second-order valence-corrected chi connectivity index (χ2v) is 7.74. The number of benzene rings is 2. The first-order valence-corrected chi connectivity index (χ1v) is 10.8. The zero-order valence-electron chi connectivity index (χ0n) is 19.1. The van der Waals surface area contributed by atoms with Crippen molar-refractivity contribution in [3.63, 3.8) is 0 Å². The maximum atomic E-state index is 13.7. The zero-order chi connectivity index (χ0) is 24.1. The number of rotatable bonds is 6. The first kappa shape index (κ1) is 22.9. The monoisotopic (exact) mass is 460 g/mol. The van der Waals surface area contributed by atoms with E-state index in [1.54, 1.807) is 30.3 Å². The number of carbonyl (C=O) groups is 1. The van der Waals surface area contributed by atoms with E-state index in [1.807, 2.05) is 26.1 Å². The predicted octanol–water partition coefficient (Wildman–Crippen LogP) is 4.16. The molecule has 2 aromatic carbocycles. The van der Waals surface area contributed by atoms with Crippen LogP contribution in [0.4, 0.5) is 10.3 Å². The Morgan fingerprint density at radius 1 is 1.12 bits per heavy atom. The lowest BCUT2D eigenvalue weighted by Gasteiger charge is -2.13. The molecule has 0 radical (unpaired) electrons. The van der Waals surface area contributed by atoms with Crippen LogP contribution >= 0.6 is 0 Å². The Hall–Kier alpha value is -4.27. The highest BCUT2D eigenvalue weighted by Gasteiger charge is 2.15. The molecule has 0 spiro atoms. The molecule has 4 rings (SSSR count). The lowest BCUT2D eigenvalue weighted by atomic mass is 10.1. The van der Waals surface area contributed by atoms with Gasteiger partial charge in [0.05, 0.1) is 12.7 Å². The van der Waals surface area contributed by atoms with Gasteiger partial charge >= 0.3 is 0 Å². The molecule has 0 saturated carbocycles. The number of aromatic nitrogens is 3. The van der Waals surface area contributed by atoms with E-state index < -0.39 is 0 Å². The Labute approximate surface area is 196 Å². The zero-order valence-corrected chi connectivity index (χ0v) is 19.1. The van der Waals surface area contributed by atoms with Crippen LogP contribution in [0.3, 0.4) is 0 Å². The highest BCUT2D eigenvalue weighted by molar-refractivity contribution is 6.10. The molecule has 3 N–H and O–H groups in total. The van der Waals surface area contributed by atoms with Gasteiger partial charge in [0.25, 0.3) is 5.91 Å². The van der Waals surface area contributed by atoms with Crippen molar-refractivity contribution in [2.75, 3.05) is 19.0 Å². The van der Waals surface area contributed by atoms with Crippen LogP contribution in [-0.4, -0.2) is 40.5 Å². The summed E-state index contributed by atoms with van der Waals surface area (Å²) < 4.78 is 19.0. The number of fused-ring (bicyclic) bond motifs is 1. The SMILES string of the molecule is COc1ccccc1C(=O)NC(=NCCc1c[nH]c2ccc(F)cc12)Nc1nc(C)cc(C)n1. The minimum atomic E-state index is -0.387. The fourth-order valence-corrected chi connectivity index (χ4v) is 3.65. The van der Waals surface area contributed by atoms with Gasteiger partial charge in [0.2, 0.25) is 11.9 Å². The van der Waals surface area contributed by atoms with Crippen molar-refractivity contribution in [2.45, 2.75) is 20.3 Å². The van der Waals surface area contributed by atoms with Gasteiger partial charge in [-0.25, -0.2) is 14.4 Å². The lowest BCUT2D eigenvalue weighted by Crippen LogP contribution is -2.37. The number of hydrogen-bond donors (Lipinski definition) is 3. The van der Waals surface area contributed by atoms with Gasteiger partial charge in [0.1, 0.15) is 11.6 Å². The summed E-state index contributed by atoms with van der Waals surface area (Å²) in [6.45, 7) is 4.06. The van der Waals surface area contributed by atoms with E-state index in [9.17, 15) is 9.18 Å². The molecule has 9 heteroatoms. The van der Waals surface area contributed by atoms with Crippen LogP contribution in [0.5, 0.6) is 5.75 Å². The standard InChI is InChI=1S/C25H25FN6O2/c1-15-12-16(2)30-25(29-15)32-24(31-23(33)19-6-4-5-7-22(19)34-3)27-11-10-17-14-28-21-9-8-18(26)13-20(17)21/h4-9,12-14,28H,10-11H2,1-3H3,(H2,27,29,30,31,32,33). The molecule has 34 heavy (non-hydrogen) atoms. The minimum Gasteiger partial charge on any atom is -0.496 e. The molecule has 174 valence electrons. The van der Waals surface area contributed by atoms with E-state index >= 15 is 0 Å². The van der Waals surface area contributed by atoms with E-state index in [1.165, 1.54) is 19.2 Å². The number of H-pyrrole nitrogens is 1. The smallest absolute Gasteiger partial charge is 0.261 e. The summed E-state index contributed by atoms with van der Waals surface area (Å²) in [5, 5.41) is 6.61. The maximum absolute atomic E-state index is 13.7. The number of nitrogens with zero attached hydrogens (tertiary/aromatic N) is 3. The largest absolute Gasteiger partial charge is 0.496 e. The molecule has 0 aliphatic carbocycles. The van der Waals surface area contributed by atoms with Crippen LogP contribution in [0, 0.1) is 19.7 Å². The number of guanidine groups is 1. The summed E-state index contributed by atoms with van der Waals surface area (Å²) in [6.07, 6.45) is 2.38. The van der Waals surface area contributed by atoms with Gasteiger partial charge in [-0.3, -0.25) is 20.4 Å². The number of carbonyl (C=O) groups excluding carboxylic acids is 1. The first-order valence-electron chi connectivity index (χ1n) is 10.8. The number of halogens is 1. The third kappa shape index (κ3) is 5.37. The molecule has 0 bridgehead atoms. The molecule has 2 heterocycles. The highest BCUT2D eigenvalue weighted by Crippen LogP contribution is 2.20. The Kier molecular flexibility index (Phi) is 6.82. The summed E-state index contributed by atoms with van der Waals surface area (Å²) in [4.78, 5) is 29.4. The van der Waals surface area contributed by atoms with Gasteiger partial charge in [-0.15, -0.1) is 0 Å². The quantitative estimate of drug-likeness (QED) is 0.296.